The lowest BCUT2D eigenvalue weighted by Crippen LogP contribution is -2.74. The number of amides is 1. The normalized spacial score (nSPS) is 15.9. The van der Waals surface area contributed by atoms with Crippen molar-refractivity contribution in [1.29, 1.82) is 0 Å². The molecule has 0 aliphatic carbocycles. The average molecular weight is 545 g/mol. The fourth-order valence-electron chi connectivity index (χ4n) is 1.87. The third-order valence-electron chi connectivity index (χ3n) is 3.88. The predicted molar refractivity (Wildman–Crippen MR) is 77.3 cm³/mol. The predicted octanol–water partition coefficient (Wildman–Crippen LogP) is 3.24. The summed E-state index contributed by atoms with van der Waals surface area (Å²) in [5.41, 5.74) is 0. The van der Waals surface area contributed by atoms with Gasteiger partial charge in [-0.1, -0.05) is 0 Å². The van der Waals surface area contributed by atoms with Gasteiger partial charge in [-0.15, -0.1) is 0 Å². The van der Waals surface area contributed by atoms with Crippen LogP contribution >= 0.6 is 0 Å². The Morgan fingerprint density at radius 2 is 1.15 bits per heavy atom. The van der Waals surface area contributed by atoms with Crippen molar-refractivity contribution in [3.63, 3.8) is 0 Å². The molecule has 5 nitrogen and oxygen atoms in total. The van der Waals surface area contributed by atoms with Gasteiger partial charge < -0.3 is 20.3 Å². The number of halogens is 15. The third-order valence-corrected chi connectivity index (χ3v) is 3.88. The first-order chi connectivity index (χ1) is 14.9. The van der Waals surface area contributed by atoms with Gasteiger partial charge in [-0.25, -0.2) is 0 Å². The maximum absolute atomic E-state index is 13.5. The number of rotatable bonds is 13. The number of hydrogen-bond acceptors (Lipinski definition) is 4. The second-order valence-corrected chi connectivity index (χ2v) is 6.46. The van der Waals surface area contributed by atoms with E-state index < -0.39 is 86.5 Å². The van der Waals surface area contributed by atoms with E-state index in [4.69, 9.17) is 10.2 Å². The molecule has 1 amide bonds. The lowest BCUT2D eigenvalue weighted by Gasteiger charge is -2.41. The molecule has 0 spiro atoms. The number of alkyl halides is 15. The number of ether oxygens (including phenoxy) is 1. The van der Waals surface area contributed by atoms with Crippen molar-refractivity contribution in [1.82, 2.24) is 5.32 Å². The Morgan fingerprint density at radius 1 is 0.735 bits per heavy atom. The lowest BCUT2D eigenvalue weighted by atomic mass is 9.91. The van der Waals surface area contributed by atoms with Crippen molar-refractivity contribution < 1.29 is 85.6 Å². The smallest absolute Gasteiger partial charge is 0.394 e. The molecule has 0 aliphatic rings. The molecule has 1 unspecified atom stereocenters. The van der Waals surface area contributed by atoms with Gasteiger partial charge in [-0.2, -0.15) is 65.9 Å². The molecular weight excluding hydrogens is 531 g/mol. The lowest BCUT2D eigenvalue weighted by molar-refractivity contribution is -0.449. The number of aliphatic hydroxyl groups excluding tert-OH is 2. The highest BCUT2D eigenvalue weighted by Gasteiger charge is 2.94. The van der Waals surface area contributed by atoms with E-state index in [0.29, 0.717) is 0 Å². The van der Waals surface area contributed by atoms with E-state index in [1.165, 1.54) is 0 Å². The summed E-state index contributed by atoms with van der Waals surface area (Å²) in [4.78, 5) is 11.1. The minimum atomic E-state index is -8.46. The summed E-state index contributed by atoms with van der Waals surface area (Å²) in [7, 11) is 0. The van der Waals surface area contributed by atoms with E-state index in [0.717, 1.165) is 5.32 Å². The van der Waals surface area contributed by atoms with E-state index in [-0.39, 0.29) is 0 Å². The summed E-state index contributed by atoms with van der Waals surface area (Å²) in [6.07, 6.45) is -9.72. The van der Waals surface area contributed by atoms with Gasteiger partial charge in [-0.3, -0.25) is 4.79 Å². The second-order valence-electron chi connectivity index (χ2n) is 6.46. The van der Waals surface area contributed by atoms with E-state index in [2.05, 4.69) is 4.74 Å². The SMILES string of the molecule is O=C(NCCCOCC(O)CO)C(F)(F)C(F)(F)C(F)(F)C(F)(F)C(F)(F)C(F)(F)C(F)(F)F. The van der Waals surface area contributed by atoms with Crippen molar-refractivity contribution in [2.45, 2.75) is 54.2 Å². The standard InChI is InChI=1S/C14H14F15NO4/c15-8(16,7(33)30-2-1-3-34-5-6(32)4-31)9(17,18)10(19,20)11(21,22)12(23,24)13(25,26)14(27,28)29/h6,31-32H,1-5H2,(H,30,33). The zero-order chi connectivity index (χ0) is 27.6. The van der Waals surface area contributed by atoms with E-state index in [1.807, 2.05) is 0 Å². The van der Waals surface area contributed by atoms with E-state index in [1.54, 1.807) is 0 Å². The molecule has 0 fully saturated rings. The van der Waals surface area contributed by atoms with Crippen LogP contribution in [0.2, 0.25) is 0 Å². The summed E-state index contributed by atoms with van der Waals surface area (Å²) in [5.74, 6) is -51.7. The van der Waals surface area contributed by atoms with Gasteiger partial charge in [-0.05, 0) is 6.42 Å². The monoisotopic (exact) mass is 545 g/mol. The molecule has 0 bridgehead atoms. The van der Waals surface area contributed by atoms with Crippen LogP contribution in [-0.2, 0) is 9.53 Å². The van der Waals surface area contributed by atoms with Crippen LogP contribution in [0.4, 0.5) is 65.9 Å². The van der Waals surface area contributed by atoms with Crippen molar-refractivity contribution >= 4 is 5.91 Å². The Balaban J connectivity index is 5.72. The van der Waals surface area contributed by atoms with Gasteiger partial charge in [0.1, 0.15) is 6.10 Å². The first-order valence-electron chi connectivity index (χ1n) is 8.36. The highest BCUT2D eigenvalue weighted by molar-refractivity contribution is 5.84. The van der Waals surface area contributed by atoms with Crippen LogP contribution in [0.25, 0.3) is 0 Å². The first-order valence-corrected chi connectivity index (χ1v) is 8.36. The van der Waals surface area contributed by atoms with Gasteiger partial charge in [0, 0.05) is 13.2 Å². The fraction of sp³-hybridized carbons (Fsp3) is 0.929. The van der Waals surface area contributed by atoms with Crippen LogP contribution in [0.1, 0.15) is 6.42 Å². The van der Waals surface area contributed by atoms with E-state index in [9.17, 15) is 70.7 Å². The minimum Gasteiger partial charge on any atom is -0.394 e. The van der Waals surface area contributed by atoms with Gasteiger partial charge in [0.25, 0.3) is 5.91 Å². The highest BCUT2D eigenvalue weighted by Crippen LogP contribution is 2.62. The first kappa shape index (κ1) is 32.3. The molecule has 0 aliphatic heterocycles. The maximum atomic E-state index is 13.5. The van der Waals surface area contributed by atoms with Crippen LogP contribution in [0, 0.1) is 0 Å². The Labute approximate surface area is 178 Å². The Kier molecular flexibility index (Phi) is 9.61. The molecule has 0 radical (unpaired) electrons. The maximum Gasteiger partial charge on any atom is 0.460 e. The van der Waals surface area contributed by atoms with E-state index >= 15 is 0 Å². The molecule has 0 saturated heterocycles. The molecule has 204 valence electrons. The zero-order valence-corrected chi connectivity index (χ0v) is 16.0. The Bertz CT molecular complexity index is 695. The van der Waals surface area contributed by atoms with Crippen molar-refractivity contribution in [2.75, 3.05) is 26.4 Å². The summed E-state index contributed by atoms with van der Waals surface area (Å²) in [6, 6.07) is 0. The number of carbonyl (C=O) groups is 1. The molecule has 0 saturated carbocycles. The van der Waals surface area contributed by atoms with Gasteiger partial charge in [0.05, 0.1) is 13.2 Å². The van der Waals surface area contributed by atoms with Gasteiger partial charge in [0.15, 0.2) is 0 Å². The van der Waals surface area contributed by atoms with Crippen LogP contribution in [0.3, 0.4) is 0 Å². The van der Waals surface area contributed by atoms with Gasteiger partial charge >= 0.3 is 41.7 Å². The molecule has 20 heteroatoms. The summed E-state index contributed by atoms with van der Waals surface area (Å²) in [6.45, 7) is -3.06. The summed E-state index contributed by atoms with van der Waals surface area (Å²) in [5, 5.41) is 18.1. The number of hydrogen-bond donors (Lipinski definition) is 3. The molecular formula is C14H14F15NO4. The quantitative estimate of drug-likeness (QED) is 0.246. The Morgan fingerprint density at radius 3 is 1.56 bits per heavy atom. The molecule has 0 rings (SSSR count). The van der Waals surface area contributed by atoms with Crippen molar-refractivity contribution in [3.8, 4) is 0 Å². The zero-order valence-electron chi connectivity index (χ0n) is 16.0. The number of nitrogens with one attached hydrogen (secondary N) is 1. The average Bonchev–Trinajstić information content (AvgIpc) is 2.68. The Hall–Kier alpha value is -1.70. The molecule has 0 aromatic rings. The van der Waals surface area contributed by atoms with Crippen LogP contribution < -0.4 is 5.32 Å². The van der Waals surface area contributed by atoms with Crippen LogP contribution in [-0.4, -0.2) is 90.3 Å². The van der Waals surface area contributed by atoms with Gasteiger partial charge in [0.2, 0.25) is 0 Å². The van der Waals surface area contributed by atoms with Crippen LogP contribution in [0.15, 0.2) is 0 Å². The number of aliphatic hydroxyl groups is 2. The topological polar surface area (TPSA) is 78.8 Å². The van der Waals surface area contributed by atoms with Crippen molar-refractivity contribution in [3.05, 3.63) is 0 Å². The largest absolute Gasteiger partial charge is 0.460 e. The fourth-order valence-corrected chi connectivity index (χ4v) is 1.87. The highest BCUT2D eigenvalue weighted by atomic mass is 19.4. The number of carbonyl (C=O) groups excluding carboxylic acids is 1. The van der Waals surface area contributed by atoms with Crippen LogP contribution in [0.5, 0.6) is 0 Å². The molecule has 0 aromatic heterocycles. The molecule has 34 heavy (non-hydrogen) atoms. The molecule has 3 N–H and O–H groups in total. The third kappa shape index (κ3) is 5.42. The summed E-state index contributed by atoms with van der Waals surface area (Å²) >= 11 is 0. The summed E-state index contributed by atoms with van der Waals surface area (Å²) < 4.78 is 200. The van der Waals surface area contributed by atoms with Crippen molar-refractivity contribution in [2.24, 2.45) is 0 Å². The second kappa shape index (κ2) is 10.1. The molecule has 1 atom stereocenters. The molecule has 0 heterocycles. The minimum absolute atomic E-state index is 0.559. The molecule has 0 aromatic carbocycles.